The van der Waals surface area contributed by atoms with Gasteiger partial charge in [0.15, 0.2) is 0 Å². The van der Waals surface area contributed by atoms with E-state index < -0.39 is 0 Å². The molecule has 11 heavy (non-hydrogen) atoms. The zero-order chi connectivity index (χ0) is 7.99. The number of hydrogen-bond acceptors (Lipinski definition) is 1. The van der Waals surface area contributed by atoms with E-state index in [0.717, 1.165) is 0 Å². The van der Waals surface area contributed by atoms with Crippen molar-refractivity contribution in [2.45, 2.75) is 46.6 Å². The molecule has 0 atom stereocenters. The molecule has 1 radical (unpaired) electrons. The topological polar surface area (TPSA) is 26.0 Å². The van der Waals surface area contributed by atoms with Crippen molar-refractivity contribution in [3.05, 3.63) is 0 Å². The van der Waals surface area contributed by atoms with Crippen molar-refractivity contribution >= 4 is 29.6 Å². The van der Waals surface area contributed by atoms with Crippen molar-refractivity contribution in [1.82, 2.24) is 0 Å². The number of nitrogens with two attached hydrogens (primary N) is 1. The van der Waals surface area contributed by atoms with Gasteiger partial charge < -0.3 is 5.73 Å². The molecule has 0 aromatic rings. The van der Waals surface area contributed by atoms with E-state index >= 15 is 0 Å². The second-order valence-corrected chi connectivity index (χ2v) is 4.94. The van der Waals surface area contributed by atoms with Gasteiger partial charge in [0.25, 0.3) is 0 Å². The molecule has 2 N–H and O–H groups in total. The summed E-state index contributed by atoms with van der Waals surface area (Å²) in [5.41, 5.74) is 6.76. The fourth-order valence-corrected chi connectivity index (χ4v) is 1.94. The van der Waals surface area contributed by atoms with E-state index in [0.29, 0.717) is 16.9 Å². The third kappa shape index (κ3) is 2.21. The largest absolute Gasteiger partial charge is 0.328 e. The minimum Gasteiger partial charge on any atom is -0.328 e. The summed E-state index contributed by atoms with van der Waals surface area (Å²) in [6, 6.07) is 0.435. The van der Waals surface area contributed by atoms with Crippen LogP contribution in [0.5, 0.6) is 0 Å². The third-order valence-electron chi connectivity index (χ3n) is 3.38. The minimum atomic E-state index is 0. The Balaban J connectivity index is 0.000001000. The van der Waals surface area contributed by atoms with Crippen LogP contribution in [-0.4, -0.2) is 35.6 Å². The molecule has 0 aromatic carbocycles. The van der Waals surface area contributed by atoms with Crippen LogP contribution in [0, 0.1) is 10.8 Å². The Morgan fingerprint density at radius 2 is 1.27 bits per heavy atom. The molecule has 0 amide bonds. The van der Waals surface area contributed by atoms with Gasteiger partial charge in [-0.05, 0) is 23.7 Å². The summed E-state index contributed by atoms with van der Waals surface area (Å²) < 4.78 is 0. The van der Waals surface area contributed by atoms with Crippen molar-refractivity contribution < 1.29 is 0 Å². The van der Waals surface area contributed by atoms with E-state index in [4.69, 9.17) is 5.73 Å². The SMILES string of the molecule is CC1(C)CC(N)CC1(C)C.[Na]. The Morgan fingerprint density at radius 3 is 1.36 bits per heavy atom. The quantitative estimate of drug-likeness (QED) is 0.543. The molecule has 0 heterocycles. The Bertz CT molecular complexity index is 124. The first-order valence-corrected chi connectivity index (χ1v) is 4.11. The zero-order valence-corrected chi connectivity index (χ0v) is 10.6. The van der Waals surface area contributed by atoms with Gasteiger partial charge in [-0.2, -0.15) is 0 Å². The van der Waals surface area contributed by atoms with Crippen molar-refractivity contribution in [3.63, 3.8) is 0 Å². The summed E-state index contributed by atoms with van der Waals surface area (Å²) >= 11 is 0. The fourth-order valence-electron chi connectivity index (χ4n) is 1.94. The first-order chi connectivity index (χ1) is 4.35. The van der Waals surface area contributed by atoms with E-state index in [-0.39, 0.29) is 29.6 Å². The van der Waals surface area contributed by atoms with Gasteiger partial charge >= 0.3 is 0 Å². The van der Waals surface area contributed by atoms with Gasteiger partial charge in [0, 0.05) is 35.6 Å². The normalized spacial score (nSPS) is 28.1. The molecule has 1 nitrogen and oxygen atoms in total. The van der Waals surface area contributed by atoms with Crippen LogP contribution in [0.3, 0.4) is 0 Å². The van der Waals surface area contributed by atoms with Gasteiger partial charge in [0.2, 0.25) is 0 Å². The molecule has 0 unspecified atom stereocenters. The monoisotopic (exact) mass is 164 g/mol. The molecular weight excluding hydrogens is 145 g/mol. The molecular formula is C9H19NNa. The smallest absolute Gasteiger partial charge is 0.00493 e. The van der Waals surface area contributed by atoms with E-state index in [9.17, 15) is 0 Å². The van der Waals surface area contributed by atoms with Crippen molar-refractivity contribution in [2.24, 2.45) is 16.6 Å². The molecule has 1 saturated carbocycles. The van der Waals surface area contributed by atoms with Crippen LogP contribution in [-0.2, 0) is 0 Å². The van der Waals surface area contributed by atoms with Gasteiger partial charge in [-0.15, -0.1) is 0 Å². The molecule has 0 spiro atoms. The van der Waals surface area contributed by atoms with Crippen LogP contribution in [0.25, 0.3) is 0 Å². The average Bonchev–Trinajstić information content (AvgIpc) is 1.73. The molecule has 1 aliphatic rings. The van der Waals surface area contributed by atoms with Crippen LogP contribution in [0.1, 0.15) is 40.5 Å². The molecule has 0 aromatic heterocycles. The van der Waals surface area contributed by atoms with Gasteiger partial charge in [0.1, 0.15) is 0 Å². The van der Waals surface area contributed by atoms with Crippen LogP contribution in [0.15, 0.2) is 0 Å². The maximum absolute atomic E-state index is 5.89. The average molecular weight is 164 g/mol. The Labute approximate surface area is 92.4 Å². The number of hydrogen-bond donors (Lipinski definition) is 1. The Morgan fingerprint density at radius 1 is 1.00 bits per heavy atom. The van der Waals surface area contributed by atoms with E-state index in [2.05, 4.69) is 27.7 Å². The summed E-state index contributed by atoms with van der Waals surface area (Å²) in [7, 11) is 0. The van der Waals surface area contributed by atoms with E-state index in [1.807, 2.05) is 0 Å². The molecule has 0 aliphatic heterocycles. The minimum absolute atomic E-state index is 0. The summed E-state index contributed by atoms with van der Waals surface area (Å²) in [6.07, 6.45) is 2.36. The molecule has 61 valence electrons. The molecule has 0 bridgehead atoms. The van der Waals surface area contributed by atoms with Crippen LogP contribution >= 0.6 is 0 Å². The van der Waals surface area contributed by atoms with Crippen molar-refractivity contribution in [2.75, 3.05) is 0 Å². The van der Waals surface area contributed by atoms with Crippen LogP contribution in [0.2, 0.25) is 0 Å². The molecule has 0 saturated heterocycles. The number of rotatable bonds is 0. The maximum Gasteiger partial charge on any atom is 0.00493 e. The first kappa shape index (κ1) is 12.0. The van der Waals surface area contributed by atoms with Gasteiger partial charge in [-0.25, -0.2) is 0 Å². The Hall–Kier alpha value is 0.960. The van der Waals surface area contributed by atoms with E-state index in [1.54, 1.807) is 0 Å². The third-order valence-corrected chi connectivity index (χ3v) is 3.38. The molecule has 1 rings (SSSR count). The molecule has 2 heteroatoms. The predicted molar refractivity (Wildman–Crippen MR) is 50.5 cm³/mol. The summed E-state index contributed by atoms with van der Waals surface area (Å²) in [5, 5.41) is 0. The van der Waals surface area contributed by atoms with Crippen LogP contribution < -0.4 is 5.73 Å². The summed E-state index contributed by atoms with van der Waals surface area (Å²) in [6.45, 7) is 9.28. The summed E-state index contributed by atoms with van der Waals surface area (Å²) in [4.78, 5) is 0. The first-order valence-electron chi connectivity index (χ1n) is 4.11. The second-order valence-electron chi connectivity index (χ2n) is 4.94. The van der Waals surface area contributed by atoms with Crippen molar-refractivity contribution in [3.8, 4) is 0 Å². The molecule has 1 aliphatic carbocycles. The van der Waals surface area contributed by atoms with Crippen molar-refractivity contribution in [1.29, 1.82) is 0 Å². The Kier molecular flexibility index (Phi) is 3.66. The van der Waals surface area contributed by atoms with Gasteiger partial charge in [-0.1, -0.05) is 27.7 Å². The van der Waals surface area contributed by atoms with E-state index in [1.165, 1.54) is 12.8 Å². The summed E-state index contributed by atoms with van der Waals surface area (Å²) in [5.74, 6) is 0. The van der Waals surface area contributed by atoms with Gasteiger partial charge in [-0.3, -0.25) is 0 Å². The zero-order valence-electron chi connectivity index (χ0n) is 8.57. The van der Waals surface area contributed by atoms with Gasteiger partial charge in [0.05, 0.1) is 0 Å². The second kappa shape index (κ2) is 3.37. The molecule has 1 fully saturated rings. The fraction of sp³-hybridized carbons (Fsp3) is 1.00. The maximum atomic E-state index is 5.89. The predicted octanol–water partition coefficient (Wildman–Crippen LogP) is 1.78. The standard InChI is InChI=1S/C9H19N.Na/c1-8(2)5-7(10)6-9(8,3)4;/h7H,5-6,10H2,1-4H3;. The van der Waals surface area contributed by atoms with Crippen LogP contribution in [0.4, 0.5) is 0 Å².